The average molecular weight is 816 g/mol. The summed E-state index contributed by atoms with van der Waals surface area (Å²) < 4.78 is 38.2. The Morgan fingerprint density at radius 3 is 2.05 bits per heavy atom. The van der Waals surface area contributed by atoms with Crippen molar-refractivity contribution in [2.45, 2.75) is 179 Å². The van der Waals surface area contributed by atoms with Gasteiger partial charge in [-0.2, -0.15) is 0 Å². The highest BCUT2D eigenvalue weighted by Crippen LogP contribution is 2.46. The van der Waals surface area contributed by atoms with Gasteiger partial charge >= 0.3 is 11.9 Å². The number of nitrogens with zero attached hydrogens (tertiary/aromatic N) is 1. The number of ketones is 1. The summed E-state index contributed by atoms with van der Waals surface area (Å²) in [7, 11) is 4.88. The van der Waals surface area contributed by atoms with Crippen molar-refractivity contribution in [1.29, 1.82) is 0 Å². The van der Waals surface area contributed by atoms with E-state index in [1.807, 2.05) is 32.7 Å². The number of carbonyl (C=O) groups is 3. The topological polar surface area (TPSA) is 211 Å². The molecule has 330 valence electrons. The summed E-state index contributed by atoms with van der Waals surface area (Å²) in [5, 5.41) is 56.0. The van der Waals surface area contributed by atoms with Gasteiger partial charge in [-0.15, -0.1) is 0 Å². The molecule has 1 saturated carbocycles. The van der Waals surface area contributed by atoms with Crippen LogP contribution in [0.4, 0.5) is 0 Å². The number of hydrogen-bond acceptors (Lipinski definition) is 14. The molecule has 4 rings (SSSR count). The maximum Gasteiger partial charge on any atom is 0.309 e. The molecule has 15 nitrogen and oxygen atoms in total. The van der Waals surface area contributed by atoms with Crippen LogP contribution in [0, 0.1) is 41.4 Å². The number of cyclic esters (lactones) is 1. The predicted octanol–water partition coefficient (Wildman–Crippen LogP) is 2.80. The number of likely N-dealkylation sites (N-methyl/N-ethyl adjacent to an activating group) is 1. The van der Waals surface area contributed by atoms with Gasteiger partial charge in [0.05, 0.1) is 53.6 Å². The Kier molecular flexibility index (Phi) is 15.5. The molecule has 0 aromatic rings. The number of ether oxygens (including phenoxy) is 6. The van der Waals surface area contributed by atoms with Crippen molar-refractivity contribution < 1.29 is 68.3 Å². The van der Waals surface area contributed by atoms with Gasteiger partial charge in [0.1, 0.15) is 29.7 Å². The van der Waals surface area contributed by atoms with E-state index in [0.29, 0.717) is 19.4 Å². The number of aliphatic hydroxyl groups is 4. The Morgan fingerprint density at radius 1 is 0.895 bits per heavy atom. The zero-order valence-corrected chi connectivity index (χ0v) is 36.4. The van der Waals surface area contributed by atoms with Crippen molar-refractivity contribution in [3.63, 3.8) is 0 Å². The van der Waals surface area contributed by atoms with Crippen molar-refractivity contribution >= 4 is 17.7 Å². The first-order chi connectivity index (χ1) is 26.4. The molecule has 3 heterocycles. The number of rotatable bonds is 10. The van der Waals surface area contributed by atoms with Gasteiger partial charge in [-0.05, 0) is 79.2 Å². The number of carbonyl (C=O) groups excluding carboxylic acids is 2. The van der Waals surface area contributed by atoms with E-state index < -0.39 is 119 Å². The van der Waals surface area contributed by atoms with Gasteiger partial charge in [0, 0.05) is 51.0 Å². The van der Waals surface area contributed by atoms with E-state index in [9.17, 15) is 39.9 Å². The highest BCUT2D eigenvalue weighted by Gasteiger charge is 2.56. The smallest absolute Gasteiger partial charge is 0.309 e. The van der Waals surface area contributed by atoms with E-state index in [1.54, 1.807) is 41.5 Å². The second kappa shape index (κ2) is 18.4. The number of hydrogen-bond donors (Lipinski definition) is 5. The summed E-state index contributed by atoms with van der Waals surface area (Å²) in [6.07, 6.45) is -7.36. The van der Waals surface area contributed by atoms with Gasteiger partial charge in [-0.25, -0.2) is 0 Å². The van der Waals surface area contributed by atoms with Crippen LogP contribution in [-0.4, -0.2) is 154 Å². The van der Waals surface area contributed by atoms with E-state index in [1.165, 1.54) is 21.1 Å². The maximum absolute atomic E-state index is 14.4. The monoisotopic (exact) mass is 816 g/mol. The van der Waals surface area contributed by atoms with E-state index in [2.05, 4.69) is 0 Å². The Hall–Kier alpha value is -1.79. The van der Waals surface area contributed by atoms with Crippen LogP contribution < -0.4 is 0 Å². The Bertz CT molecular complexity index is 1400. The van der Waals surface area contributed by atoms with Crippen LogP contribution in [-0.2, 0) is 42.8 Å². The maximum atomic E-state index is 14.4. The number of carboxylic acids is 1. The molecule has 0 aromatic heterocycles. The third-order valence-electron chi connectivity index (χ3n) is 14.3. The molecule has 1 aliphatic carbocycles. The lowest BCUT2D eigenvalue weighted by Gasteiger charge is -2.52. The van der Waals surface area contributed by atoms with E-state index >= 15 is 0 Å². The molecular weight excluding hydrogens is 742 g/mol. The molecule has 1 unspecified atom stereocenters. The van der Waals surface area contributed by atoms with Crippen molar-refractivity contribution in [3.05, 3.63) is 0 Å². The summed E-state index contributed by atoms with van der Waals surface area (Å²) in [6, 6.07) is -0.436. The van der Waals surface area contributed by atoms with Gasteiger partial charge in [-0.3, -0.25) is 14.4 Å². The van der Waals surface area contributed by atoms with Gasteiger partial charge in [0.15, 0.2) is 6.29 Å². The average Bonchev–Trinajstić information content (AvgIpc) is 3.93. The van der Waals surface area contributed by atoms with Crippen LogP contribution in [0.15, 0.2) is 0 Å². The molecule has 57 heavy (non-hydrogen) atoms. The molecule has 20 atom stereocenters. The molecule has 0 radical (unpaired) electrons. The minimum Gasteiger partial charge on any atom is -0.481 e. The highest BCUT2D eigenvalue weighted by atomic mass is 16.7. The fourth-order valence-electron chi connectivity index (χ4n) is 10.3. The summed E-state index contributed by atoms with van der Waals surface area (Å²) in [4.78, 5) is 42.1. The Morgan fingerprint density at radius 2 is 1.51 bits per heavy atom. The molecule has 3 saturated heterocycles. The van der Waals surface area contributed by atoms with Crippen LogP contribution in [0.5, 0.6) is 0 Å². The van der Waals surface area contributed by atoms with Crippen LogP contribution in [0.3, 0.4) is 0 Å². The molecule has 0 amide bonds. The Balaban J connectivity index is 1.84. The predicted molar refractivity (Wildman–Crippen MR) is 208 cm³/mol. The third kappa shape index (κ3) is 9.89. The minimum atomic E-state index is -1.97. The number of aliphatic carboxylic acids is 1. The lowest BCUT2D eigenvalue weighted by Crippen LogP contribution is -2.62. The quantitative estimate of drug-likeness (QED) is 0.201. The first-order valence-corrected chi connectivity index (χ1v) is 20.9. The number of esters is 1. The lowest BCUT2D eigenvalue weighted by atomic mass is 9.67. The van der Waals surface area contributed by atoms with Gasteiger partial charge < -0.3 is 58.9 Å². The fraction of sp³-hybridized carbons (Fsp3) is 0.929. The first-order valence-electron chi connectivity index (χ1n) is 20.9. The molecular formula is C42H73NO14. The zero-order chi connectivity index (χ0) is 43.1. The first kappa shape index (κ1) is 47.9. The van der Waals surface area contributed by atoms with Crippen LogP contribution >= 0.6 is 0 Å². The Labute approximate surface area is 339 Å². The van der Waals surface area contributed by atoms with Crippen LogP contribution in [0.1, 0.15) is 101 Å². The molecule has 0 spiro atoms. The van der Waals surface area contributed by atoms with E-state index in [4.69, 9.17) is 28.4 Å². The molecule has 0 bridgehead atoms. The van der Waals surface area contributed by atoms with Crippen molar-refractivity contribution in [2.75, 3.05) is 27.8 Å². The van der Waals surface area contributed by atoms with Gasteiger partial charge in [-0.1, -0.05) is 34.6 Å². The summed E-state index contributed by atoms with van der Waals surface area (Å²) >= 11 is 0. The summed E-state index contributed by atoms with van der Waals surface area (Å²) in [5.41, 5.74) is -4.31. The normalized spacial score (nSPS) is 49.3. The SMILES string of the molecule is CC[C@H]1OC(=O)[C@H](C)[C@@H](C2C[C@@](C)(OC)[C@@H](O)[C@H](C)O2)[C@H](C)[C@@H](O[C@@H]2O[C@H](C)C[C@H](N(C)C[C@H]3C[C@@H]3C(=O)O)[C@H]2O)[C@](C)(OC)C[C@@H](C)C(=O)[C@H](C)[C@@H](O)[C@]1(C)O. The van der Waals surface area contributed by atoms with Gasteiger partial charge in [0.25, 0.3) is 0 Å². The molecule has 15 heteroatoms. The highest BCUT2D eigenvalue weighted by molar-refractivity contribution is 5.83. The van der Waals surface area contributed by atoms with Crippen molar-refractivity contribution in [3.8, 4) is 0 Å². The molecule has 0 aromatic carbocycles. The molecule has 5 N–H and O–H groups in total. The number of Topliss-reactive ketones (excluding diaryl/α,β-unsaturated/α-hetero) is 1. The lowest BCUT2D eigenvalue weighted by molar-refractivity contribution is -0.305. The standard InChI is InChI=1S/C42H73NO14/c1-14-30-42(10,51)34(46)24(6)32(44)20(2)17-41(9,53-13)36(57-39-33(45)28(15-21(3)54-39)43(11)19-26-16-27(26)37(48)49)22(4)31(23(5)38(50)56-30)29-18-40(8,52-12)35(47)25(7)55-29/h20-31,33-36,39,45-47,51H,14-19H2,1-13H3,(H,48,49)/t20-,21-,22+,23-,24+,25+,26-,27+,28+,29?,30-,31+,33-,34-,35+,36-,39+,40-,41-,42-/m1/s1. The van der Waals surface area contributed by atoms with Gasteiger partial charge in [0.2, 0.25) is 0 Å². The minimum absolute atomic E-state index is 0.0271. The van der Waals surface area contributed by atoms with E-state index in [0.717, 1.165) is 0 Å². The summed E-state index contributed by atoms with van der Waals surface area (Å²) in [6.45, 7) is 17.7. The summed E-state index contributed by atoms with van der Waals surface area (Å²) in [5.74, 6) is -6.32. The fourth-order valence-corrected chi connectivity index (χ4v) is 10.3. The van der Waals surface area contributed by atoms with E-state index in [-0.39, 0.29) is 37.1 Å². The largest absolute Gasteiger partial charge is 0.481 e. The molecule has 4 fully saturated rings. The second-order valence-electron chi connectivity index (χ2n) is 18.6. The van der Waals surface area contributed by atoms with Crippen LogP contribution in [0.2, 0.25) is 0 Å². The third-order valence-corrected chi connectivity index (χ3v) is 14.3. The van der Waals surface area contributed by atoms with Crippen molar-refractivity contribution in [1.82, 2.24) is 4.90 Å². The zero-order valence-electron chi connectivity index (χ0n) is 36.4. The number of methoxy groups -OCH3 is 2. The second-order valence-corrected chi connectivity index (χ2v) is 18.6. The molecule has 4 aliphatic rings. The van der Waals surface area contributed by atoms with Crippen molar-refractivity contribution in [2.24, 2.45) is 41.4 Å². The number of carboxylic acid groups (broad SMARTS) is 1. The number of aliphatic hydroxyl groups excluding tert-OH is 3. The molecule has 3 aliphatic heterocycles. The van der Waals surface area contributed by atoms with Crippen LogP contribution in [0.25, 0.3) is 0 Å².